The van der Waals surface area contributed by atoms with Crippen molar-refractivity contribution in [1.82, 2.24) is 4.98 Å². The van der Waals surface area contributed by atoms with Gasteiger partial charge in [0.1, 0.15) is 11.9 Å². The molecule has 2 rings (SSSR count). The van der Waals surface area contributed by atoms with Gasteiger partial charge in [-0.15, -0.1) is 0 Å². The van der Waals surface area contributed by atoms with Gasteiger partial charge in [0.05, 0.1) is 5.56 Å². The number of pyridine rings is 1. The molecule has 102 valence electrons. The number of nitrogens with zero attached hydrogens (tertiary/aromatic N) is 2. The van der Waals surface area contributed by atoms with E-state index in [-0.39, 0.29) is 0 Å². The van der Waals surface area contributed by atoms with Gasteiger partial charge in [-0.1, -0.05) is 26.2 Å². The fourth-order valence-electron chi connectivity index (χ4n) is 3.03. The molecule has 1 aromatic rings. The highest BCUT2D eigenvalue weighted by molar-refractivity contribution is 5.56. The second-order valence-electron chi connectivity index (χ2n) is 5.82. The Labute approximate surface area is 116 Å². The summed E-state index contributed by atoms with van der Waals surface area (Å²) >= 11 is 0. The van der Waals surface area contributed by atoms with Gasteiger partial charge in [0.25, 0.3) is 0 Å². The summed E-state index contributed by atoms with van der Waals surface area (Å²) in [5.74, 6) is 2.25. The van der Waals surface area contributed by atoms with Crippen LogP contribution in [-0.2, 0) is 0 Å². The lowest BCUT2D eigenvalue weighted by molar-refractivity contribution is 0.268. The molecule has 0 bridgehead atoms. The molecule has 1 fully saturated rings. The van der Waals surface area contributed by atoms with Crippen molar-refractivity contribution in [3.8, 4) is 6.07 Å². The Hall–Kier alpha value is -1.56. The Bertz CT molecular complexity index is 488. The van der Waals surface area contributed by atoms with Crippen molar-refractivity contribution in [1.29, 1.82) is 5.26 Å². The maximum Gasteiger partial charge on any atom is 0.144 e. The number of nitrogens with one attached hydrogen (secondary N) is 1. The number of hydrogen-bond acceptors (Lipinski definition) is 3. The predicted molar refractivity (Wildman–Crippen MR) is 78.0 cm³/mol. The first kappa shape index (κ1) is 13.9. The summed E-state index contributed by atoms with van der Waals surface area (Å²) in [5.41, 5.74) is 2.67. The van der Waals surface area contributed by atoms with Crippen molar-refractivity contribution < 1.29 is 0 Å². The molecule has 3 heteroatoms. The lowest BCUT2D eigenvalue weighted by atomic mass is 9.80. The molecule has 19 heavy (non-hydrogen) atoms. The molecule has 0 amide bonds. The van der Waals surface area contributed by atoms with E-state index in [1.807, 2.05) is 19.9 Å². The maximum absolute atomic E-state index is 9.25. The monoisotopic (exact) mass is 257 g/mol. The molecule has 0 spiro atoms. The lowest BCUT2D eigenvalue weighted by Crippen LogP contribution is -2.25. The third-order valence-corrected chi connectivity index (χ3v) is 4.28. The average molecular weight is 257 g/mol. The molecule has 1 saturated carbocycles. The third-order valence-electron chi connectivity index (χ3n) is 4.28. The topological polar surface area (TPSA) is 48.7 Å². The van der Waals surface area contributed by atoms with E-state index in [9.17, 15) is 5.26 Å². The van der Waals surface area contributed by atoms with Crippen LogP contribution in [0.2, 0.25) is 0 Å². The van der Waals surface area contributed by atoms with E-state index < -0.39 is 0 Å². The van der Waals surface area contributed by atoms with Gasteiger partial charge in [-0.05, 0) is 43.7 Å². The van der Waals surface area contributed by atoms with Gasteiger partial charge in [-0.3, -0.25) is 0 Å². The molecule has 1 aromatic heterocycles. The van der Waals surface area contributed by atoms with Crippen LogP contribution in [0.1, 0.15) is 49.4 Å². The van der Waals surface area contributed by atoms with Gasteiger partial charge in [-0.25, -0.2) is 4.98 Å². The van der Waals surface area contributed by atoms with E-state index in [2.05, 4.69) is 23.3 Å². The third kappa shape index (κ3) is 3.26. The van der Waals surface area contributed by atoms with Crippen molar-refractivity contribution in [2.45, 2.75) is 46.5 Å². The summed E-state index contributed by atoms with van der Waals surface area (Å²) in [6, 6.07) is 4.23. The Morgan fingerprint density at radius 1 is 1.37 bits per heavy atom. The molecule has 1 aliphatic rings. The number of rotatable bonds is 3. The first-order valence-corrected chi connectivity index (χ1v) is 7.24. The molecule has 2 atom stereocenters. The Kier molecular flexibility index (Phi) is 4.42. The van der Waals surface area contributed by atoms with Crippen LogP contribution in [0.15, 0.2) is 6.07 Å². The van der Waals surface area contributed by atoms with Gasteiger partial charge in [-0.2, -0.15) is 5.26 Å². The van der Waals surface area contributed by atoms with Crippen LogP contribution in [0.4, 0.5) is 5.82 Å². The van der Waals surface area contributed by atoms with Gasteiger partial charge < -0.3 is 5.32 Å². The van der Waals surface area contributed by atoms with Crippen molar-refractivity contribution in [2.75, 3.05) is 11.9 Å². The van der Waals surface area contributed by atoms with E-state index in [1.54, 1.807) is 0 Å². The molecular weight excluding hydrogens is 234 g/mol. The zero-order valence-electron chi connectivity index (χ0n) is 12.2. The zero-order chi connectivity index (χ0) is 13.8. The Balaban J connectivity index is 2.09. The van der Waals surface area contributed by atoms with Crippen LogP contribution in [0.3, 0.4) is 0 Å². The highest BCUT2D eigenvalue weighted by atomic mass is 15.0. The van der Waals surface area contributed by atoms with E-state index in [1.165, 1.54) is 25.7 Å². The molecule has 1 aliphatic carbocycles. The van der Waals surface area contributed by atoms with Crippen LogP contribution in [0, 0.1) is 37.0 Å². The van der Waals surface area contributed by atoms with Crippen molar-refractivity contribution in [3.05, 3.63) is 22.9 Å². The minimum atomic E-state index is 0.689. The first-order chi connectivity index (χ1) is 9.11. The van der Waals surface area contributed by atoms with Gasteiger partial charge in [0, 0.05) is 12.2 Å². The van der Waals surface area contributed by atoms with Crippen molar-refractivity contribution >= 4 is 5.82 Å². The fourth-order valence-corrected chi connectivity index (χ4v) is 3.03. The smallest absolute Gasteiger partial charge is 0.144 e. The summed E-state index contributed by atoms with van der Waals surface area (Å²) in [4.78, 5) is 4.48. The van der Waals surface area contributed by atoms with Crippen LogP contribution in [0.25, 0.3) is 0 Å². The summed E-state index contributed by atoms with van der Waals surface area (Å²) in [6.07, 6.45) is 5.32. The minimum absolute atomic E-state index is 0.689. The molecule has 3 nitrogen and oxygen atoms in total. The first-order valence-electron chi connectivity index (χ1n) is 7.24. The SMILES string of the molecule is Cc1cc(C)c(C#N)c(NCC2CCCCC2C)n1. The summed E-state index contributed by atoms with van der Waals surface area (Å²) in [6.45, 7) is 7.22. The molecule has 0 saturated heterocycles. The number of nitriles is 1. The number of hydrogen-bond donors (Lipinski definition) is 1. The molecule has 2 unspecified atom stereocenters. The quantitative estimate of drug-likeness (QED) is 0.895. The summed E-state index contributed by atoms with van der Waals surface area (Å²) < 4.78 is 0. The van der Waals surface area contributed by atoms with Crippen LogP contribution >= 0.6 is 0 Å². The van der Waals surface area contributed by atoms with E-state index in [0.29, 0.717) is 11.5 Å². The lowest BCUT2D eigenvalue weighted by Gasteiger charge is -2.29. The van der Waals surface area contributed by atoms with Crippen LogP contribution in [0.5, 0.6) is 0 Å². The predicted octanol–water partition coefficient (Wildman–Crippen LogP) is 3.81. The number of anilines is 1. The molecule has 1 heterocycles. The van der Waals surface area contributed by atoms with E-state index >= 15 is 0 Å². The largest absolute Gasteiger partial charge is 0.369 e. The molecule has 0 aliphatic heterocycles. The van der Waals surface area contributed by atoms with Crippen LogP contribution in [-0.4, -0.2) is 11.5 Å². The summed E-state index contributed by atoms with van der Waals surface area (Å²) in [5, 5.41) is 12.7. The second kappa shape index (κ2) is 6.06. The Morgan fingerprint density at radius 3 is 2.79 bits per heavy atom. The second-order valence-corrected chi connectivity index (χ2v) is 5.82. The summed E-state index contributed by atoms with van der Waals surface area (Å²) in [7, 11) is 0. The number of aryl methyl sites for hydroxylation is 2. The van der Waals surface area contributed by atoms with E-state index in [4.69, 9.17) is 0 Å². The molecular formula is C16H23N3. The number of aromatic nitrogens is 1. The van der Waals surface area contributed by atoms with Crippen molar-refractivity contribution in [3.63, 3.8) is 0 Å². The zero-order valence-corrected chi connectivity index (χ0v) is 12.2. The molecule has 1 N–H and O–H groups in total. The van der Waals surface area contributed by atoms with Gasteiger partial charge in [0.2, 0.25) is 0 Å². The minimum Gasteiger partial charge on any atom is -0.369 e. The van der Waals surface area contributed by atoms with E-state index in [0.717, 1.165) is 29.5 Å². The van der Waals surface area contributed by atoms with Gasteiger partial charge >= 0.3 is 0 Å². The fraction of sp³-hybridized carbons (Fsp3) is 0.625. The van der Waals surface area contributed by atoms with Crippen LogP contribution < -0.4 is 5.32 Å². The van der Waals surface area contributed by atoms with Crippen molar-refractivity contribution in [2.24, 2.45) is 11.8 Å². The maximum atomic E-state index is 9.25. The standard InChI is InChI=1S/C16H23N3/c1-11-6-4-5-7-14(11)10-18-16-15(9-17)12(2)8-13(3)19-16/h8,11,14H,4-7,10H2,1-3H3,(H,18,19). The normalized spacial score (nSPS) is 22.8. The highest BCUT2D eigenvalue weighted by Crippen LogP contribution is 2.30. The highest BCUT2D eigenvalue weighted by Gasteiger charge is 2.21. The average Bonchev–Trinajstić information content (AvgIpc) is 2.37. The molecule has 0 radical (unpaired) electrons. The van der Waals surface area contributed by atoms with Gasteiger partial charge in [0.15, 0.2) is 0 Å². The Morgan fingerprint density at radius 2 is 2.11 bits per heavy atom. The molecule has 0 aromatic carbocycles.